The van der Waals surface area contributed by atoms with Gasteiger partial charge in [-0.2, -0.15) is 0 Å². The largest absolute Gasteiger partial charge is 0.466 e. The van der Waals surface area contributed by atoms with Crippen molar-refractivity contribution in [2.45, 2.75) is 513 Å². The van der Waals surface area contributed by atoms with E-state index >= 15 is 0 Å². The van der Waals surface area contributed by atoms with E-state index in [4.69, 9.17) is 14.2 Å². The van der Waals surface area contributed by atoms with Gasteiger partial charge in [0.1, 0.15) is 6.29 Å². The van der Waals surface area contributed by atoms with Crippen molar-refractivity contribution in [2.75, 3.05) is 19.8 Å². The summed E-state index contributed by atoms with van der Waals surface area (Å²) in [6.45, 7) is 24.4. The summed E-state index contributed by atoms with van der Waals surface area (Å²) in [7, 11) is 0. The molecule has 0 saturated heterocycles. The Morgan fingerprint density at radius 3 is 0.608 bits per heavy atom. The molecule has 0 unspecified atom stereocenters. The van der Waals surface area contributed by atoms with Gasteiger partial charge in [0, 0.05) is 26.2 Å². The monoisotopic (exact) mass is 1740 g/mol. The Labute approximate surface area is 779 Å². The first-order valence-corrected chi connectivity index (χ1v) is 53.0. The fourth-order valence-corrected chi connectivity index (χ4v) is 13.2. The number of unbranched alkanes of at least 4 members (excludes halogenated alkanes) is 47. The predicted molar refractivity (Wildman–Crippen MR) is 562 cm³/mol. The molecule has 0 aromatic heterocycles. The molecule has 0 saturated carbocycles. The molecule has 0 atom stereocenters. The van der Waals surface area contributed by atoms with E-state index in [2.05, 4.69) is 250 Å². The lowest BCUT2D eigenvalue weighted by Gasteiger charge is -2.03. The number of hydrogen-bond donors (Lipinski definition) is 0. The minimum atomic E-state index is -0.163. The fraction of sp³-hybridized carbons (Fsp3) is 0.695. The van der Waals surface area contributed by atoms with Crippen LogP contribution in [0.15, 0.2) is 194 Å². The van der Waals surface area contributed by atoms with Gasteiger partial charge in [-0.05, 0) is 187 Å². The highest BCUT2D eigenvalue weighted by atomic mass is 16.5. The van der Waals surface area contributed by atoms with Crippen molar-refractivity contribution in [3.8, 4) is 0 Å². The molecule has 0 amide bonds. The summed E-state index contributed by atoms with van der Waals surface area (Å²) >= 11 is 0. The van der Waals surface area contributed by atoms with Gasteiger partial charge in [-0.15, -0.1) is 0 Å². The lowest BCUT2D eigenvalue weighted by Crippen LogP contribution is -2.03. The number of ether oxygens (including phenoxy) is 3. The summed E-state index contributed by atoms with van der Waals surface area (Å²) in [4.78, 5) is 42.9. The average Bonchev–Trinajstić information content (AvgIpc) is 1.06. The van der Waals surface area contributed by atoms with Gasteiger partial charge in [-0.1, -0.05) is 494 Å². The molecular weight excluding hydrogens is 1530 g/mol. The molecule has 0 bridgehead atoms. The summed E-state index contributed by atoms with van der Waals surface area (Å²) in [5.74, 6) is -0.240. The number of esters is 3. The number of carbonyl (C=O) groups excluding carboxylic acids is 4. The highest BCUT2D eigenvalue weighted by Crippen LogP contribution is 2.17. The molecule has 0 heterocycles. The maximum atomic E-state index is 11.1. The Morgan fingerprint density at radius 2 is 0.384 bits per heavy atom. The third kappa shape index (κ3) is 150. The first-order valence-electron chi connectivity index (χ1n) is 53.0. The summed E-state index contributed by atoms with van der Waals surface area (Å²) < 4.78 is 14.7. The number of hydrogen-bond acceptors (Lipinski definition) is 7. The molecule has 7 nitrogen and oxygen atoms in total. The van der Waals surface area contributed by atoms with Gasteiger partial charge >= 0.3 is 17.9 Å². The zero-order valence-corrected chi connectivity index (χ0v) is 84.6. The molecule has 0 aromatic rings. The summed E-state index contributed by atoms with van der Waals surface area (Å²) in [6, 6.07) is 0. The number of allylic oxidation sites excluding steroid dienone is 32. The second-order valence-electron chi connectivity index (χ2n) is 33.1. The highest BCUT2D eigenvalue weighted by molar-refractivity contribution is 5.69. The number of carbonyl (C=O) groups is 4. The van der Waals surface area contributed by atoms with Crippen LogP contribution in [0.25, 0.3) is 0 Å². The van der Waals surface area contributed by atoms with Crippen LogP contribution >= 0.6 is 0 Å². The zero-order valence-electron chi connectivity index (χ0n) is 84.6. The quantitative estimate of drug-likeness (QED) is 0.0149. The van der Waals surface area contributed by atoms with E-state index in [9.17, 15) is 19.2 Å². The van der Waals surface area contributed by atoms with E-state index in [1.807, 2.05) is 13.8 Å². The van der Waals surface area contributed by atoms with Crippen LogP contribution in [0.3, 0.4) is 0 Å². The van der Waals surface area contributed by atoms with Crippen molar-refractivity contribution < 1.29 is 33.4 Å². The SMILES string of the molecule is CC/C=C\C/C=C\C/C=C\C/C=C\C/C=C\CCCCCCC.CC/C=C\C/C=C\C/C=C\C/C=C\C/C=C\CCCCCCCCC.CC/C=C\C=C/CCCCCCCCCC(=O)OCC.CC/C=C\C=C/CCCCCCCCCC=O.CC/C=C\C=C/CCCCCCCCCCOC(C)=O.CCCCCCCCCCCCCCCC(=O)OCC. The van der Waals surface area contributed by atoms with Crippen molar-refractivity contribution >= 4 is 24.2 Å². The van der Waals surface area contributed by atoms with E-state index in [-0.39, 0.29) is 17.9 Å². The van der Waals surface area contributed by atoms with E-state index in [0.717, 1.165) is 128 Å². The Morgan fingerprint density at radius 1 is 0.192 bits per heavy atom. The molecule has 0 radical (unpaired) electrons. The lowest BCUT2D eigenvalue weighted by atomic mass is 10.0. The summed E-state index contributed by atoms with van der Waals surface area (Å²) in [6.07, 6.45) is 156. The first kappa shape index (κ1) is 130. The Bertz CT molecular complexity index is 2570. The molecule has 0 aliphatic carbocycles. The summed E-state index contributed by atoms with van der Waals surface area (Å²) in [5.41, 5.74) is 0. The van der Waals surface area contributed by atoms with Gasteiger partial charge < -0.3 is 19.0 Å². The van der Waals surface area contributed by atoms with Crippen molar-refractivity contribution in [2.24, 2.45) is 0 Å². The van der Waals surface area contributed by atoms with Gasteiger partial charge in [0.05, 0.1) is 19.8 Å². The lowest BCUT2D eigenvalue weighted by molar-refractivity contribution is -0.144. The summed E-state index contributed by atoms with van der Waals surface area (Å²) in [5, 5.41) is 0. The molecule has 0 rings (SSSR count). The van der Waals surface area contributed by atoms with Crippen LogP contribution in [-0.4, -0.2) is 44.0 Å². The van der Waals surface area contributed by atoms with Crippen molar-refractivity contribution in [1.29, 1.82) is 0 Å². The van der Waals surface area contributed by atoms with Crippen LogP contribution in [0.2, 0.25) is 0 Å². The maximum Gasteiger partial charge on any atom is 0.305 e. The van der Waals surface area contributed by atoms with Crippen LogP contribution in [0.1, 0.15) is 513 Å². The minimum Gasteiger partial charge on any atom is -0.466 e. The third-order valence-electron chi connectivity index (χ3n) is 20.7. The van der Waals surface area contributed by atoms with Gasteiger partial charge in [0.15, 0.2) is 0 Å². The topological polar surface area (TPSA) is 96.0 Å². The Hall–Kier alpha value is -6.08. The highest BCUT2D eigenvalue weighted by Gasteiger charge is 2.03. The van der Waals surface area contributed by atoms with Crippen LogP contribution in [0.4, 0.5) is 0 Å². The van der Waals surface area contributed by atoms with Crippen molar-refractivity contribution in [3.05, 3.63) is 194 Å². The first-order chi connectivity index (χ1) is 61.6. The van der Waals surface area contributed by atoms with Crippen molar-refractivity contribution in [1.82, 2.24) is 0 Å². The Balaban J connectivity index is -0.000000341. The smallest absolute Gasteiger partial charge is 0.305 e. The molecule has 0 aromatic carbocycles. The molecule has 0 N–H and O–H groups in total. The van der Waals surface area contributed by atoms with Crippen LogP contribution in [-0.2, 0) is 33.4 Å². The minimum absolute atomic E-state index is 0.0319. The van der Waals surface area contributed by atoms with E-state index in [1.54, 1.807) is 0 Å². The fourth-order valence-electron chi connectivity index (χ4n) is 13.2. The number of rotatable bonds is 85. The van der Waals surface area contributed by atoms with Gasteiger partial charge in [-0.25, -0.2) is 0 Å². The predicted octanol–water partition coefficient (Wildman–Crippen LogP) is 39.4. The molecule has 125 heavy (non-hydrogen) atoms. The van der Waals surface area contributed by atoms with Crippen LogP contribution in [0.5, 0.6) is 0 Å². The molecule has 722 valence electrons. The van der Waals surface area contributed by atoms with Crippen LogP contribution < -0.4 is 0 Å². The van der Waals surface area contributed by atoms with Gasteiger partial charge in [-0.3, -0.25) is 14.4 Å². The molecule has 0 aliphatic rings. The number of aldehydes is 1. The molecular formula is C118H208O7. The standard InChI is InChI=1S/C25H42.C23H38.C18H32O2.C18H36O2.C18H32O2.C16H28O/c1-3-5-7-9-11-13-15-17-19-21-23-25-24-22-20-18-16-14-12-10-8-6-4-2;1-3-5-7-9-11-13-15-17-19-21-23-22-20-18-16-14-12-10-8-6-4-2;1-3-4-5-6-7-8-9-10-11-12-13-14-15-16-17-20-18(2)19;2*1-3-5-6-7-8-9-10-11-12-13-14-15-16-17-18(19)20-4-2;1-2-3-4-5-6-7-8-9-10-11-12-13-14-15-16-17/h5,7,11,13,17,19-20,22-23,25H,3-4,6,8-10,12,14-16,18,21,24H2,1-2H3;5,7,11,13,16-19,22-23H,3-4,6,8-10,12,14-15,20-21H2,1-2H3;4-7H,3,8-17H2,1-2H3;3-17H2,1-2H3;5-8H,3-4,9-17H2,1-2H3;3-6,16H,2,7-15H2,1H3/b7-5-,13-11-,19-17-,22-20-,25-23-;7-5-,13-11-,18-16-,19-17-,23-22-;5-4-,7-6-;;6-5-,8-7-;4-3-,6-5-. The van der Waals surface area contributed by atoms with Crippen LogP contribution in [0, 0.1) is 0 Å². The molecule has 7 heteroatoms. The van der Waals surface area contributed by atoms with Gasteiger partial charge in [0.25, 0.3) is 0 Å². The molecule has 0 aliphatic heterocycles. The van der Waals surface area contributed by atoms with E-state index in [0.29, 0.717) is 32.7 Å². The second-order valence-corrected chi connectivity index (χ2v) is 33.1. The maximum absolute atomic E-state index is 11.1. The Kier molecular flexibility index (Phi) is 138. The van der Waals surface area contributed by atoms with E-state index in [1.165, 1.54) is 309 Å². The zero-order chi connectivity index (χ0) is 92.4. The normalized spacial score (nSPS) is 11.9. The second kappa shape index (κ2) is 133. The van der Waals surface area contributed by atoms with Crippen molar-refractivity contribution in [3.63, 3.8) is 0 Å². The van der Waals surface area contributed by atoms with Gasteiger partial charge in [0.2, 0.25) is 0 Å². The third-order valence-corrected chi connectivity index (χ3v) is 20.7. The molecule has 0 spiro atoms. The average molecular weight is 1740 g/mol. The molecule has 0 fully saturated rings. The van der Waals surface area contributed by atoms with E-state index < -0.39 is 0 Å².